The molecule has 2 aliphatic heterocycles. The third-order valence-corrected chi connectivity index (χ3v) is 5.93. The molecule has 1 aromatic carbocycles. The number of alkyl halides is 3. The van der Waals surface area contributed by atoms with Crippen molar-refractivity contribution in [1.29, 1.82) is 0 Å². The van der Waals surface area contributed by atoms with Crippen LogP contribution in [0.15, 0.2) is 30.6 Å². The topological polar surface area (TPSA) is 72.3 Å². The zero-order chi connectivity index (χ0) is 22.2. The van der Waals surface area contributed by atoms with Gasteiger partial charge in [0.25, 0.3) is 5.91 Å². The minimum atomic E-state index is -4.41. The molecule has 11 heteroatoms. The molecule has 2 aliphatic rings. The van der Waals surface area contributed by atoms with Gasteiger partial charge in [0.1, 0.15) is 17.9 Å². The molecule has 1 unspecified atom stereocenters. The molecular weight excluding hydrogens is 418 g/mol. The van der Waals surface area contributed by atoms with Crippen LogP contribution in [-0.2, 0) is 4.79 Å². The number of nitrogens with one attached hydrogen (secondary N) is 1. The molecule has 2 aromatic rings. The summed E-state index contributed by atoms with van der Waals surface area (Å²) in [5, 5.41) is 6.80. The van der Waals surface area contributed by atoms with Crippen LogP contribution in [0, 0.1) is 11.7 Å². The van der Waals surface area contributed by atoms with Crippen molar-refractivity contribution in [3.8, 4) is 5.75 Å². The number of benzene rings is 1. The van der Waals surface area contributed by atoms with E-state index in [0.29, 0.717) is 31.7 Å². The first kappa shape index (κ1) is 21.4. The molecule has 3 atom stereocenters. The number of halogens is 4. The maximum Gasteiger partial charge on any atom is 0.411 e. The van der Waals surface area contributed by atoms with Crippen molar-refractivity contribution in [2.75, 3.05) is 18.4 Å². The summed E-state index contributed by atoms with van der Waals surface area (Å²) in [5.41, 5.74) is 0. The molecule has 31 heavy (non-hydrogen) atoms. The van der Waals surface area contributed by atoms with Crippen molar-refractivity contribution >= 4 is 11.9 Å². The van der Waals surface area contributed by atoms with E-state index in [2.05, 4.69) is 15.4 Å². The average Bonchev–Trinajstić information content (AvgIpc) is 3.22. The summed E-state index contributed by atoms with van der Waals surface area (Å²) in [6, 6.07) is 3.31. The number of likely N-dealkylation sites (tertiary alicyclic amines) is 1. The number of nitrogens with zero attached hydrogens (tertiary/aromatic N) is 4. The molecule has 1 fully saturated rings. The molecule has 0 saturated carbocycles. The van der Waals surface area contributed by atoms with Crippen molar-refractivity contribution < 1.29 is 27.1 Å². The highest BCUT2D eigenvalue weighted by Gasteiger charge is 2.48. The summed E-state index contributed by atoms with van der Waals surface area (Å²) < 4.78 is 60.0. The van der Waals surface area contributed by atoms with Gasteiger partial charge in [0.2, 0.25) is 5.95 Å². The van der Waals surface area contributed by atoms with Crippen LogP contribution in [-0.4, -0.2) is 57.0 Å². The van der Waals surface area contributed by atoms with E-state index in [9.17, 15) is 22.4 Å². The van der Waals surface area contributed by atoms with E-state index >= 15 is 0 Å². The lowest BCUT2D eigenvalue weighted by atomic mass is 9.85. The molecule has 0 aliphatic carbocycles. The smallest absolute Gasteiger partial charge is 0.411 e. The predicted octanol–water partition coefficient (Wildman–Crippen LogP) is 3.41. The number of ether oxygens (including phenoxy) is 1. The van der Waals surface area contributed by atoms with Crippen LogP contribution >= 0.6 is 0 Å². The second-order valence-electron chi connectivity index (χ2n) is 7.95. The van der Waals surface area contributed by atoms with Gasteiger partial charge in [0.15, 0.2) is 12.1 Å². The van der Waals surface area contributed by atoms with E-state index < -0.39 is 30.2 Å². The highest BCUT2D eigenvalue weighted by Crippen LogP contribution is 2.41. The average molecular weight is 441 g/mol. The molecule has 7 nitrogen and oxygen atoms in total. The van der Waals surface area contributed by atoms with Crippen LogP contribution < -0.4 is 10.1 Å². The summed E-state index contributed by atoms with van der Waals surface area (Å²) in [5.74, 6) is -0.0973. The van der Waals surface area contributed by atoms with Gasteiger partial charge in [-0.25, -0.2) is 9.07 Å². The van der Waals surface area contributed by atoms with Crippen LogP contribution in [0.5, 0.6) is 5.75 Å². The number of rotatable bonds is 4. The molecule has 0 bridgehead atoms. The maximum absolute atomic E-state index is 13.5. The van der Waals surface area contributed by atoms with Crippen LogP contribution in [0.3, 0.4) is 0 Å². The van der Waals surface area contributed by atoms with Gasteiger partial charge < -0.3 is 15.0 Å². The molecule has 1 saturated heterocycles. The van der Waals surface area contributed by atoms with Crippen LogP contribution in [0.4, 0.5) is 23.5 Å². The van der Waals surface area contributed by atoms with Gasteiger partial charge in [-0.15, -0.1) is 0 Å². The zero-order valence-electron chi connectivity index (χ0n) is 16.8. The summed E-state index contributed by atoms with van der Waals surface area (Å²) in [6.07, 6.45) is -3.01. The Balaban J connectivity index is 1.34. The Bertz CT molecular complexity index is 909. The molecular formula is C20H23F4N5O2. The third kappa shape index (κ3) is 4.59. The fourth-order valence-corrected chi connectivity index (χ4v) is 4.28. The SMILES string of the molecule is CC(Oc1ccc(F)cc1)C(=O)N1CCC([C@@H]2C[C@H](C(F)(F)F)n3ncnc3N2)CC1. The standard InChI is InChI=1S/C20H23F4N5O2/c1-12(31-15-4-2-14(21)3-5-15)18(30)28-8-6-13(7-9-28)16-10-17(20(22,23)24)29-19(27-16)25-11-26-29/h2-5,11-13,16-17H,6-10H2,1H3,(H,25,26,27)/t12?,16-,17+/m0/s1. The van der Waals surface area contributed by atoms with Crippen molar-refractivity contribution in [3.63, 3.8) is 0 Å². The fourth-order valence-electron chi connectivity index (χ4n) is 4.28. The van der Waals surface area contributed by atoms with Crippen molar-refractivity contribution in [2.45, 2.75) is 50.6 Å². The van der Waals surface area contributed by atoms with E-state index in [1.54, 1.807) is 11.8 Å². The van der Waals surface area contributed by atoms with Crippen molar-refractivity contribution in [3.05, 3.63) is 36.4 Å². The molecule has 0 spiro atoms. The summed E-state index contributed by atoms with van der Waals surface area (Å²) in [4.78, 5) is 18.3. The Morgan fingerprint density at radius 3 is 2.55 bits per heavy atom. The third-order valence-electron chi connectivity index (χ3n) is 5.93. The second kappa shape index (κ2) is 8.35. The Labute approximate surface area is 176 Å². The lowest BCUT2D eigenvalue weighted by molar-refractivity contribution is -0.174. The van der Waals surface area contributed by atoms with Gasteiger partial charge in [0, 0.05) is 19.1 Å². The molecule has 1 N–H and O–H groups in total. The molecule has 3 heterocycles. The lowest BCUT2D eigenvalue weighted by Gasteiger charge is -2.40. The van der Waals surface area contributed by atoms with Gasteiger partial charge in [0.05, 0.1) is 0 Å². The number of amides is 1. The summed E-state index contributed by atoms with van der Waals surface area (Å²) in [7, 11) is 0. The predicted molar refractivity (Wildman–Crippen MR) is 103 cm³/mol. The number of carbonyl (C=O) groups is 1. The minimum absolute atomic E-state index is 0.0207. The largest absolute Gasteiger partial charge is 0.481 e. The quantitative estimate of drug-likeness (QED) is 0.737. The second-order valence-corrected chi connectivity index (χ2v) is 7.95. The first-order chi connectivity index (χ1) is 14.7. The van der Waals surface area contributed by atoms with Gasteiger partial charge >= 0.3 is 6.18 Å². The summed E-state index contributed by atoms with van der Waals surface area (Å²) >= 11 is 0. The van der Waals surface area contributed by atoms with Gasteiger partial charge in [-0.05, 0) is 56.4 Å². The first-order valence-corrected chi connectivity index (χ1v) is 10.2. The van der Waals surface area contributed by atoms with Crippen LogP contribution in [0.1, 0.15) is 32.2 Å². The molecule has 4 rings (SSSR count). The van der Waals surface area contributed by atoms with Gasteiger partial charge in [-0.1, -0.05) is 0 Å². The Kier molecular flexibility index (Phi) is 5.76. The Morgan fingerprint density at radius 2 is 1.90 bits per heavy atom. The zero-order valence-corrected chi connectivity index (χ0v) is 16.8. The number of piperidine rings is 1. The van der Waals surface area contributed by atoms with E-state index in [0.717, 1.165) is 11.0 Å². The highest BCUT2D eigenvalue weighted by atomic mass is 19.4. The van der Waals surface area contributed by atoms with E-state index in [4.69, 9.17) is 4.74 Å². The van der Waals surface area contributed by atoms with Gasteiger partial charge in [-0.3, -0.25) is 4.79 Å². The van der Waals surface area contributed by atoms with E-state index in [1.807, 2.05) is 0 Å². The van der Waals surface area contributed by atoms with Crippen molar-refractivity contribution in [1.82, 2.24) is 19.7 Å². The molecule has 168 valence electrons. The van der Waals surface area contributed by atoms with Crippen LogP contribution in [0.25, 0.3) is 0 Å². The minimum Gasteiger partial charge on any atom is -0.481 e. The normalized spacial score (nSPS) is 23.1. The summed E-state index contributed by atoms with van der Waals surface area (Å²) in [6.45, 7) is 2.49. The van der Waals surface area contributed by atoms with Crippen LogP contribution in [0.2, 0.25) is 0 Å². The first-order valence-electron chi connectivity index (χ1n) is 10.2. The number of anilines is 1. The van der Waals surface area contributed by atoms with Gasteiger partial charge in [-0.2, -0.15) is 23.3 Å². The lowest BCUT2D eigenvalue weighted by Crippen LogP contribution is -2.49. The highest BCUT2D eigenvalue weighted by molar-refractivity contribution is 5.81. The maximum atomic E-state index is 13.5. The number of carbonyl (C=O) groups excluding carboxylic acids is 1. The molecule has 1 aromatic heterocycles. The van der Waals surface area contributed by atoms with E-state index in [1.165, 1.54) is 24.3 Å². The Morgan fingerprint density at radius 1 is 1.23 bits per heavy atom. The number of hydrogen-bond acceptors (Lipinski definition) is 5. The number of hydrogen-bond donors (Lipinski definition) is 1. The van der Waals surface area contributed by atoms with E-state index in [-0.39, 0.29) is 24.2 Å². The number of fused-ring (bicyclic) bond motifs is 1. The molecule has 0 radical (unpaired) electrons. The monoisotopic (exact) mass is 441 g/mol. The van der Waals surface area contributed by atoms with Crippen molar-refractivity contribution in [2.24, 2.45) is 5.92 Å². The molecule has 1 amide bonds. The Hall–Kier alpha value is -2.85. The fraction of sp³-hybridized carbons (Fsp3) is 0.550. The number of aromatic nitrogens is 3.